The summed E-state index contributed by atoms with van der Waals surface area (Å²) < 4.78 is 1.93. The molecule has 1 aliphatic carbocycles. The molecule has 0 aromatic heterocycles. The molecule has 0 radical (unpaired) electrons. The molecular formula is C23H28N6O2. The van der Waals surface area contributed by atoms with Gasteiger partial charge in [-0.25, -0.2) is 9.78 Å². The molecule has 0 amide bonds. The maximum absolute atomic E-state index is 12.4. The minimum Gasteiger partial charge on any atom is -0.326 e. The van der Waals surface area contributed by atoms with Crippen LogP contribution in [0.15, 0.2) is 33.9 Å². The first-order chi connectivity index (χ1) is 14.8. The fourth-order valence-electron chi connectivity index (χ4n) is 3.81. The van der Waals surface area contributed by atoms with E-state index in [1.807, 2.05) is 16.7 Å². The largest absolute Gasteiger partial charge is 0.349 e. The molecule has 1 atom stereocenters. The van der Waals surface area contributed by atoms with Gasteiger partial charge in [-0.1, -0.05) is 57.2 Å². The Balaban J connectivity index is 1.68. The first-order valence-electron chi connectivity index (χ1n) is 10.5. The minimum atomic E-state index is -0.658. The van der Waals surface area contributed by atoms with Crippen LogP contribution in [0.25, 0.3) is 23.7 Å². The Morgan fingerprint density at radius 2 is 1.87 bits per heavy atom. The number of hydrogen-bond acceptors (Lipinski definition) is 6. The lowest BCUT2D eigenvalue weighted by Gasteiger charge is -2.29. The van der Waals surface area contributed by atoms with Crippen molar-refractivity contribution in [2.75, 3.05) is 6.54 Å². The van der Waals surface area contributed by atoms with Gasteiger partial charge in [0, 0.05) is 26.2 Å². The summed E-state index contributed by atoms with van der Waals surface area (Å²) >= 11 is 0. The van der Waals surface area contributed by atoms with Gasteiger partial charge in [-0.15, -0.1) is 0 Å². The third-order valence-electron chi connectivity index (χ3n) is 6.09. The first-order valence-corrected chi connectivity index (χ1v) is 10.5. The van der Waals surface area contributed by atoms with Crippen molar-refractivity contribution >= 4 is 12.2 Å². The molecule has 0 fully saturated rings. The molecule has 2 aliphatic heterocycles. The molecule has 1 aromatic carbocycles. The van der Waals surface area contributed by atoms with Gasteiger partial charge in [0.25, 0.3) is 5.56 Å². The van der Waals surface area contributed by atoms with Crippen molar-refractivity contribution in [2.45, 2.75) is 40.4 Å². The lowest BCUT2D eigenvalue weighted by molar-refractivity contribution is 0.406. The Morgan fingerprint density at radius 1 is 1.16 bits per heavy atom. The van der Waals surface area contributed by atoms with Crippen LogP contribution in [-0.2, 0) is 19.6 Å². The van der Waals surface area contributed by atoms with E-state index < -0.39 is 11.2 Å². The van der Waals surface area contributed by atoms with Gasteiger partial charge in [-0.05, 0) is 22.5 Å². The number of H-pyrrole nitrogens is 1. The van der Waals surface area contributed by atoms with Gasteiger partial charge in [0.2, 0.25) is 0 Å². The normalized spacial score (nSPS) is 17.1. The van der Waals surface area contributed by atoms with Gasteiger partial charge in [-0.2, -0.15) is 4.98 Å². The van der Waals surface area contributed by atoms with E-state index in [9.17, 15) is 9.59 Å². The molecule has 8 heteroatoms. The number of nitrogens with two attached hydrogens (primary N) is 1. The van der Waals surface area contributed by atoms with Crippen LogP contribution in [0, 0.1) is 11.3 Å². The van der Waals surface area contributed by atoms with Crippen LogP contribution in [0.5, 0.6) is 0 Å². The summed E-state index contributed by atoms with van der Waals surface area (Å²) in [5.41, 5.74) is 6.85. The molecule has 8 nitrogen and oxygen atoms in total. The smallest absolute Gasteiger partial charge is 0.326 e. The van der Waals surface area contributed by atoms with E-state index in [2.05, 4.69) is 65.3 Å². The van der Waals surface area contributed by atoms with Crippen molar-refractivity contribution in [2.24, 2.45) is 17.1 Å². The Labute approximate surface area is 179 Å². The Bertz CT molecular complexity index is 1300. The van der Waals surface area contributed by atoms with E-state index in [0.717, 1.165) is 21.8 Å². The fraction of sp³-hybridized carbons (Fsp3) is 0.391. The van der Waals surface area contributed by atoms with Crippen molar-refractivity contribution in [1.82, 2.24) is 24.8 Å². The van der Waals surface area contributed by atoms with Gasteiger partial charge in [0.1, 0.15) is 0 Å². The van der Waals surface area contributed by atoms with Gasteiger partial charge >= 0.3 is 5.69 Å². The van der Waals surface area contributed by atoms with Crippen LogP contribution in [0.2, 0.25) is 0 Å². The highest BCUT2D eigenvalue weighted by Crippen LogP contribution is 2.30. The highest BCUT2D eigenvalue weighted by molar-refractivity contribution is 5.52. The number of nitrogens with zero attached hydrogens (tertiary/aromatic N) is 3. The van der Waals surface area contributed by atoms with Gasteiger partial charge < -0.3 is 15.6 Å². The summed E-state index contributed by atoms with van der Waals surface area (Å²) in [6, 6.07) is 8.17. The topological polar surface area (TPSA) is 119 Å². The van der Waals surface area contributed by atoms with Gasteiger partial charge in [0.15, 0.2) is 11.5 Å². The third kappa shape index (κ3) is 4.22. The molecule has 2 heterocycles. The second-order valence-corrected chi connectivity index (χ2v) is 8.70. The summed E-state index contributed by atoms with van der Waals surface area (Å²) in [4.78, 5) is 35.2. The molecule has 1 unspecified atom stereocenters. The molecule has 31 heavy (non-hydrogen) atoms. The first kappa shape index (κ1) is 21.1. The zero-order chi connectivity index (χ0) is 22.2. The van der Waals surface area contributed by atoms with Crippen molar-refractivity contribution in [3.63, 3.8) is 0 Å². The summed E-state index contributed by atoms with van der Waals surface area (Å²) in [6.07, 6.45) is 4.25. The molecule has 0 spiro atoms. The van der Waals surface area contributed by atoms with E-state index in [1.165, 1.54) is 0 Å². The number of aromatic amines is 1. The molecular weight excluding hydrogens is 392 g/mol. The molecule has 0 saturated heterocycles. The summed E-state index contributed by atoms with van der Waals surface area (Å²) in [6.45, 7) is 8.88. The number of rotatable bonds is 6. The average molecular weight is 421 g/mol. The van der Waals surface area contributed by atoms with E-state index in [0.29, 0.717) is 32.0 Å². The third-order valence-corrected chi connectivity index (χ3v) is 6.09. The molecule has 0 bridgehead atoms. The van der Waals surface area contributed by atoms with E-state index >= 15 is 0 Å². The van der Waals surface area contributed by atoms with E-state index in [1.54, 1.807) is 0 Å². The second kappa shape index (κ2) is 8.20. The second-order valence-electron chi connectivity index (χ2n) is 8.70. The summed E-state index contributed by atoms with van der Waals surface area (Å²) in [7, 11) is 0. The van der Waals surface area contributed by atoms with Crippen LogP contribution >= 0.6 is 0 Å². The van der Waals surface area contributed by atoms with Crippen LogP contribution in [0.4, 0.5) is 0 Å². The zero-order valence-corrected chi connectivity index (χ0v) is 18.1. The summed E-state index contributed by atoms with van der Waals surface area (Å²) in [5.74, 6) is 0.589. The Morgan fingerprint density at radius 3 is 2.58 bits per heavy atom. The van der Waals surface area contributed by atoms with Crippen molar-refractivity contribution in [3.8, 4) is 11.5 Å². The van der Waals surface area contributed by atoms with Gasteiger partial charge in [-0.3, -0.25) is 9.78 Å². The van der Waals surface area contributed by atoms with Crippen LogP contribution in [-0.4, -0.2) is 26.1 Å². The molecule has 162 valence electrons. The maximum Gasteiger partial charge on any atom is 0.349 e. The highest BCUT2D eigenvalue weighted by Gasteiger charge is 2.27. The van der Waals surface area contributed by atoms with Crippen molar-refractivity contribution in [1.29, 1.82) is 0 Å². The average Bonchev–Trinajstić information content (AvgIpc) is 2.72. The maximum atomic E-state index is 12.4. The van der Waals surface area contributed by atoms with Crippen molar-refractivity contribution < 1.29 is 0 Å². The highest BCUT2D eigenvalue weighted by atomic mass is 16.2. The predicted octanol–water partition coefficient (Wildman–Crippen LogP) is -0.0832. The Kier molecular flexibility index (Phi) is 5.60. The van der Waals surface area contributed by atoms with Crippen LogP contribution in [0.1, 0.15) is 31.9 Å². The number of benzene rings is 1. The minimum absolute atomic E-state index is 0.0852. The van der Waals surface area contributed by atoms with Crippen LogP contribution < -0.4 is 33.0 Å². The Hall–Kier alpha value is -3.10. The number of hydrogen-bond donors (Lipinski definition) is 3. The summed E-state index contributed by atoms with van der Waals surface area (Å²) in [5, 5.41) is 5.07. The van der Waals surface area contributed by atoms with E-state index in [4.69, 9.17) is 5.73 Å². The quantitative estimate of drug-likeness (QED) is 0.480. The molecule has 4 N–H and O–H groups in total. The van der Waals surface area contributed by atoms with E-state index in [-0.39, 0.29) is 17.0 Å². The molecule has 0 saturated carbocycles. The standard InChI is InChI=1S/C23H28N6O2/c1-14-10-18-17(11-23(14,2)3)26-19-20(27-22(31)28-21(19)30)29(18)9-8-25-13-16-6-4-15(12-24)5-7-16/h4-7,10-11,14,25H,8-9,12-13,24H2,1-3H3,(H,28,30,31). The van der Waals surface area contributed by atoms with Crippen LogP contribution in [0.3, 0.4) is 0 Å². The number of nitrogens with one attached hydrogen (secondary N) is 2. The van der Waals surface area contributed by atoms with Crippen molar-refractivity contribution in [3.05, 3.63) is 66.9 Å². The molecule has 4 rings (SSSR count). The predicted molar refractivity (Wildman–Crippen MR) is 121 cm³/mol. The molecule has 3 aliphatic rings. The monoisotopic (exact) mass is 420 g/mol. The lowest BCUT2D eigenvalue weighted by Crippen LogP contribution is -2.48. The SMILES string of the molecule is CC1C=c2c(nc3c(=O)[nH]c(=O)nc-3n2CCNCc2ccc(CN)cc2)=CC1(C)C. The zero-order valence-electron chi connectivity index (χ0n) is 18.1. The number of fused-ring (bicyclic) bond motifs is 2. The lowest BCUT2D eigenvalue weighted by atomic mass is 9.77. The number of aromatic nitrogens is 4. The van der Waals surface area contributed by atoms with Gasteiger partial charge in [0.05, 0.1) is 10.7 Å². The molecule has 1 aromatic rings. The fourth-order valence-corrected chi connectivity index (χ4v) is 3.81.